The van der Waals surface area contributed by atoms with Gasteiger partial charge in [0.15, 0.2) is 0 Å². The average molecular weight is 285 g/mol. The molecule has 0 saturated carbocycles. The number of benzene rings is 2. The summed E-state index contributed by atoms with van der Waals surface area (Å²) in [6.07, 6.45) is 0. The Morgan fingerprint density at radius 1 is 1.14 bits per heavy atom. The molecule has 3 N–H and O–H groups in total. The molecule has 2 aromatic rings. The first kappa shape index (κ1) is 15.1. The van der Waals surface area contributed by atoms with Crippen LogP contribution >= 0.6 is 0 Å². The Labute approximate surface area is 124 Å². The van der Waals surface area contributed by atoms with E-state index in [9.17, 15) is 9.90 Å². The zero-order chi connectivity index (χ0) is 15.2. The van der Waals surface area contributed by atoms with Crippen LogP contribution in [-0.4, -0.2) is 16.1 Å². The largest absolute Gasteiger partial charge is 0.508 e. The number of nitrogens with one attached hydrogen (secondary N) is 1. The lowest BCUT2D eigenvalue weighted by Crippen LogP contribution is -2.27. The number of hydrogen-bond donors (Lipinski definition) is 3. The molecule has 0 radical (unpaired) electrons. The van der Waals surface area contributed by atoms with E-state index in [0.29, 0.717) is 6.54 Å². The summed E-state index contributed by atoms with van der Waals surface area (Å²) in [5.41, 5.74) is 2.63. The molecule has 0 aliphatic carbocycles. The van der Waals surface area contributed by atoms with Gasteiger partial charge in [0.1, 0.15) is 5.75 Å². The number of hydrogen-bond acceptors (Lipinski definition) is 3. The first-order chi connectivity index (χ1) is 10.1. The van der Waals surface area contributed by atoms with Crippen LogP contribution in [0.25, 0.3) is 0 Å². The zero-order valence-corrected chi connectivity index (χ0v) is 11.9. The fourth-order valence-electron chi connectivity index (χ4n) is 2.09. The fraction of sp³-hybridized carbons (Fsp3) is 0.235. The molecule has 0 fully saturated rings. The van der Waals surface area contributed by atoms with Crippen molar-refractivity contribution in [1.29, 1.82) is 0 Å². The molecule has 0 heterocycles. The number of carbonyl (C=O) groups is 1. The summed E-state index contributed by atoms with van der Waals surface area (Å²) in [4.78, 5) is 12.1. The molecule has 1 amide bonds. The number of phenols is 1. The SMILES string of the molecule is CC(C(=O)NCc1cccc(CO)c1)c1ccc(O)cc1. The van der Waals surface area contributed by atoms with Crippen LogP contribution < -0.4 is 5.32 Å². The third kappa shape index (κ3) is 4.07. The van der Waals surface area contributed by atoms with Crippen LogP contribution in [0.2, 0.25) is 0 Å². The van der Waals surface area contributed by atoms with Crippen molar-refractivity contribution in [2.75, 3.05) is 0 Å². The van der Waals surface area contributed by atoms with Crippen LogP contribution in [0.15, 0.2) is 48.5 Å². The Hall–Kier alpha value is -2.33. The summed E-state index contributed by atoms with van der Waals surface area (Å²) >= 11 is 0. The van der Waals surface area contributed by atoms with Crippen LogP contribution in [0.4, 0.5) is 0 Å². The van der Waals surface area contributed by atoms with Crippen molar-refractivity contribution in [2.45, 2.75) is 26.0 Å². The lowest BCUT2D eigenvalue weighted by molar-refractivity contribution is -0.122. The van der Waals surface area contributed by atoms with Crippen molar-refractivity contribution in [3.05, 3.63) is 65.2 Å². The number of amides is 1. The molecule has 110 valence electrons. The molecule has 4 heteroatoms. The fourth-order valence-corrected chi connectivity index (χ4v) is 2.09. The highest BCUT2D eigenvalue weighted by Crippen LogP contribution is 2.18. The lowest BCUT2D eigenvalue weighted by Gasteiger charge is -2.13. The maximum Gasteiger partial charge on any atom is 0.227 e. The van der Waals surface area contributed by atoms with Gasteiger partial charge in [-0.15, -0.1) is 0 Å². The number of aliphatic hydroxyl groups excluding tert-OH is 1. The van der Waals surface area contributed by atoms with Gasteiger partial charge in [0.25, 0.3) is 0 Å². The van der Waals surface area contributed by atoms with Gasteiger partial charge < -0.3 is 15.5 Å². The molecule has 21 heavy (non-hydrogen) atoms. The van der Waals surface area contributed by atoms with E-state index in [0.717, 1.165) is 16.7 Å². The van der Waals surface area contributed by atoms with Crippen LogP contribution in [0.1, 0.15) is 29.5 Å². The van der Waals surface area contributed by atoms with E-state index in [2.05, 4.69) is 5.32 Å². The third-order valence-electron chi connectivity index (χ3n) is 3.43. The molecule has 0 aromatic heterocycles. The molecule has 0 spiro atoms. The van der Waals surface area contributed by atoms with Crippen molar-refractivity contribution in [3.8, 4) is 5.75 Å². The number of rotatable bonds is 5. The van der Waals surface area contributed by atoms with Gasteiger partial charge >= 0.3 is 0 Å². The first-order valence-electron chi connectivity index (χ1n) is 6.85. The van der Waals surface area contributed by atoms with Gasteiger partial charge in [-0.05, 0) is 35.7 Å². The second kappa shape index (κ2) is 6.90. The summed E-state index contributed by atoms with van der Waals surface area (Å²) < 4.78 is 0. The molecular formula is C17H19NO3. The van der Waals surface area contributed by atoms with E-state index >= 15 is 0 Å². The highest BCUT2D eigenvalue weighted by molar-refractivity contribution is 5.83. The standard InChI is InChI=1S/C17H19NO3/c1-12(15-5-7-16(20)8-6-15)17(21)18-10-13-3-2-4-14(9-13)11-19/h2-9,12,19-20H,10-11H2,1H3,(H,18,21). The van der Waals surface area contributed by atoms with E-state index in [1.54, 1.807) is 24.3 Å². The van der Waals surface area contributed by atoms with E-state index in [1.807, 2.05) is 31.2 Å². The van der Waals surface area contributed by atoms with Crippen LogP contribution in [0.5, 0.6) is 5.75 Å². The van der Waals surface area contributed by atoms with Crippen molar-refractivity contribution in [2.24, 2.45) is 0 Å². The lowest BCUT2D eigenvalue weighted by atomic mass is 10.00. The minimum atomic E-state index is -0.286. The predicted octanol–water partition coefficient (Wildman–Crippen LogP) is 2.30. The highest BCUT2D eigenvalue weighted by atomic mass is 16.3. The number of aliphatic hydroxyl groups is 1. The Kier molecular flexibility index (Phi) is 4.95. The predicted molar refractivity (Wildman–Crippen MR) is 80.7 cm³/mol. The normalized spacial score (nSPS) is 11.9. The minimum absolute atomic E-state index is 0.00824. The van der Waals surface area contributed by atoms with Crippen LogP contribution in [0, 0.1) is 0 Å². The molecule has 0 aliphatic heterocycles. The molecule has 4 nitrogen and oxygen atoms in total. The second-order valence-electron chi connectivity index (χ2n) is 5.01. The smallest absolute Gasteiger partial charge is 0.227 e. The van der Waals surface area contributed by atoms with Gasteiger partial charge in [-0.25, -0.2) is 0 Å². The molecule has 2 aromatic carbocycles. The van der Waals surface area contributed by atoms with Gasteiger partial charge in [-0.1, -0.05) is 36.4 Å². The Morgan fingerprint density at radius 3 is 2.48 bits per heavy atom. The Bertz CT molecular complexity index is 608. The van der Waals surface area contributed by atoms with Gasteiger partial charge in [-0.3, -0.25) is 4.79 Å². The van der Waals surface area contributed by atoms with Crippen molar-refractivity contribution in [1.82, 2.24) is 5.32 Å². The maximum atomic E-state index is 12.1. The van der Waals surface area contributed by atoms with Crippen molar-refractivity contribution >= 4 is 5.91 Å². The van der Waals surface area contributed by atoms with Crippen molar-refractivity contribution < 1.29 is 15.0 Å². The van der Waals surface area contributed by atoms with Crippen LogP contribution in [-0.2, 0) is 17.9 Å². The summed E-state index contributed by atoms with van der Waals surface area (Å²) in [5, 5.41) is 21.2. The van der Waals surface area contributed by atoms with Gasteiger partial charge in [0, 0.05) is 6.54 Å². The van der Waals surface area contributed by atoms with E-state index in [-0.39, 0.29) is 24.2 Å². The topological polar surface area (TPSA) is 69.6 Å². The molecule has 0 bridgehead atoms. The molecule has 1 atom stereocenters. The summed E-state index contributed by atoms with van der Waals surface area (Å²) in [6.45, 7) is 2.24. The second-order valence-corrected chi connectivity index (χ2v) is 5.01. The number of phenolic OH excluding ortho intramolecular Hbond substituents is 1. The quantitative estimate of drug-likeness (QED) is 0.789. The van der Waals surface area contributed by atoms with Crippen LogP contribution in [0.3, 0.4) is 0 Å². The maximum absolute atomic E-state index is 12.1. The van der Waals surface area contributed by atoms with Crippen molar-refractivity contribution in [3.63, 3.8) is 0 Å². The van der Waals surface area contributed by atoms with E-state index in [1.165, 1.54) is 0 Å². The first-order valence-corrected chi connectivity index (χ1v) is 6.85. The average Bonchev–Trinajstić information content (AvgIpc) is 2.53. The van der Waals surface area contributed by atoms with Gasteiger partial charge in [-0.2, -0.15) is 0 Å². The number of aromatic hydroxyl groups is 1. The van der Waals surface area contributed by atoms with E-state index < -0.39 is 0 Å². The molecular weight excluding hydrogens is 266 g/mol. The molecule has 0 aliphatic rings. The highest BCUT2D eigenvalue weighted by Gasteiger charge is 2.14. The third-order valence-corrected chi connectivity index (χ3v) is 3.43. The van der Waals surface area contributed by atoms with E-state index in [4.69, 9.17) is 5.11 Å². The Morgan fingerprint density at radius 2 is 1.81 bits per heavy atom. The van der Waals surface area contributed by atoms with Gasteiger partial charge in [0.2, 0.25) is 5.91 Å². The molecule has 1 unspecified atom stereocenters. The monoisotopic (exact) mass is 285 g/mol. The zero-order valence-electron chi connectivity index (χ0n) is 11.9. The number of carbonyl (C=O) groups excluding carboxylic acids is 1. The Balaban J connectivity index is 1.96. The molecule has 0 saturated heterocycles. The van der Waals surface area contributed by atoms with Gasteiger partial charge in [0.05, 0.1) is 12.5 Å². The molecule has 2 rings (SSSR count). The summed E-state index contributed by atoms with van der Waals surface area (Å²) in [7, 11) is 0. The summed E-state index contributed by atoms with van der Waals surface area (Å²) in [6, 6.07) is 14.1. The minimum Gasteiger partial charge on any atom is -0.508 e. The summed E-state index contributed by atoms with van der Waals surface area (Å²) in [5.74, 6) is -0.172.